The number of likely N-dealkylation sites (N-methyl/N-ethyl adjacent to an activating group) is 1. The normalized spacial score (nSPS) is 22.6. The summed E-state index contributed by atoms with van der Waals surface area (Å²) in [6.45, 7) is 10.5. The van der Waals surface area contributed by atoms with Crippen molar-refractivity contribution in [2.45, 2.75) is 58.0 Å². The summed E-state index contributed by atoms with van der Waals surface area (Å²) in [7, 11) is 6.54. The molecule has 0 saturated carbocycles. The summed E-state index contributed by atoms with van der Waals surface area (Å²) in [6, 6.07) is 0. The van der Waals surface area contributed by atoms with Crippen molar-refractivity contribution < 1.29 is 0 Å². The Kier molecular flexibility index (Phi) is 6.39. The first-order valence-electron chi connectivity index (χ1n) is 6.74. The van der Waals surface area contributed by atoms with Gasteiger partial charge in [0.25, 0.3) is 0 Å². The van der Waals surface area contributed by atoms with Crippen LogP contribution in [0.15, 0.2) is 11.6 Å². The summed E-state index contributed by atoms with van der Waals surface area (Å²) in [5.41, 5.74) is 2.11. The van der Waals surface area contributed by atoms with Crippen molar-refractivity contribution in [3.05, 3.63) is 11.6 Å². The lowest BCUT2D eigenvalue weighted by Gasteiger charge is -2.49. The fourth-order valence-corrected chi connectivity index (χ4v) is 2.88. The van der Waals surface area contributed by atoms with E-state index in [9.17, 15) is 0 Å². The second-order valence-corrected chi connectivity index (χ2v) is 6.91. The largest absolute Gasteiger partial charge is 0.309 e. The van der Waals surface area contributed by atoms with Crippen LogP contribution in [0.2, 0.25) is 0 Å². The summed E-state index contributed by atoms with van der Waals surface area (Å²) >= 11 is 0. The minimum absolute atomic E-state index is 0. The molecule has 0 aliphatic carbocycles. The molecule has 2 nitrogen and oxygen atoms in total. The molecule has 0 amide bonds. The number of halogens is 1. The number of nitrogens with zero attached hydrogens (tertiary/aromatic N) is 2. The van der Waals surface area contributed by atoms with Gasteiger partial charge in [0.05, 0.1) is 0 Å². The van der Waals surface area contributed by atoms with Crippen molar-refractivity contribution in [3.8, 4) is 0 Å². The van der Waals surface area contributed by atoms with Crippen LogP contribution < -0.4 is 0 Å². The SMILES string of the molecule is CN(C)CCCC1=CC(C)(C)N(C)C(C)(C)C1.Cl. The van der Waals surface area contributed by atoms with E-state index in [4.69, 9.17) is 0 Å². The molecule has 0 aromatic rings. The highest BCUT2D eigenvalue weighted by molar-refractivity contribution is 5.85. The maximum Gasteiger partial charge on any atom is 0.0339 e. The maximum absolute atomic E-state index is 2.50. The molecule has 108 valence electrons. The average molecular weight is 275 g/mol. The summed E-state index contributed by atoms with van der Waals surface area (Å²) in [6.07, 6.45) is 6.21. The molecule has 0 unspecified atom stereocenters. The first kappa shape index (κ1) is 17.9. The van der Waals surface area contributed by atoms with Crippen molar-refractivity contribution in [3.63, 3.8) is 0 Å². The lowest BCUT2D eigenvalue weighted by molar-refractivity contribution is 0.0608. The molecule has 0 atom stereocenters. The predicted octanol–water partition coefficient (Wildman–Crippen LogP) is 3.57. The van der Waals surface area contributed by atoms with E-state index < -0.39 is 0 Å². The molecule has 0 spiro atoms. The first-order valence-corrected chi connectivity index (χ1v) is 6.74. The van der Waals surface area contributed by atoms with Crippen LogP contribution in [0.4, 0.5) is 0 Å². The fourth-order valence-electron chi connectivity index (χ4n) is 2.88. The van der Waals surface area contributed by atoms with E-state index in [0.29, 0.717) is 0 Å². The smallest absolute Gasteiger partial charge is 0.0339 e. The second-order valence-electron chi connectivity index (χ2n) is 6.91. The van der Waals surface area contributed by atoms with Gasteiger partial charge in [0.1, 0.15) is 0 Å². The van der Waals surface area contributed by atoms with E-state index in [-0.39, 0.29) is 23.5 Å². The Hall–Kier alpha value is -0.0500. The molecular formula is C15H31ClN2. The Morgan fingerprint density at radius 3 is 2.22 bits per heavy atom. The van der Waals surface area contributed by atoms with Gasteiger partial charge < -0.3 is 4.90 Å². The molecule has 1 aliphatic heterocycles. The quantitative estimate of drug-likeness (QED) is 0.723. The molecule has 0 saturated heterocycles. The Morgan fingerprint density at radius 1 is 1.22 bits per heavy atom. The van der Waals surface area contributed by atoms with Crippen molar-refractivity contribution in [1.29, 1.82) is 0 Å². The average Bonchev–Trinajstić information content (AvgIpc) is 2.12. The van der Waals surface area contributed by atoms with Crippen molar-refractivity contribution in [1.82, 2.24) is 9.80 Å². The minimum Gasteiger partial charge on any atom is -0.309 e. The van der Waals surface area contributed by atoms with Crippen LogP contribution in [-0.2, 0) is 0 Å². The van der Waals surface area contributed by atoms with E-state index in [0.717, 1.165) is 0 Å². The van der Waals surface area contributed by atoms with Crippen molar-refractivity contribution >= 4 is 12.4 Å². The molecule has 0 aromatic carbocycles. The van der Waals surface area contributed by atoms with Crippen LogP contribution in [-0.4, -0.2) is 48.6 Å². The molecule has 1 rings (SSSR count). The van der Waals surface area contributed by atoms with Crippen LogP contribution in [0.3, 0.4) is 0 Å². The van der Waals surface area contributed by atoms with Gasteiger partial charge in [0.15, 0.2) is 0 Å². The Balaban J connectivity index is 0.00000289. The molecule has 0 aromatic heterocycles. The highest BCUT2D eigenvalue weighted by atomic mass is 35.5. The molecule has 1 aliphatic rings. The summed E-state index contributed by atoms with van der Waals surface area (Å²) in [5.74, 6) is 0. The maximum atomic E-state index is 2.50. The zero-order chi connectivity index (χ0) is 13.3. The second kappa shape index (κ2) is 6.40. The molecule has 0 radical (unpaired) electrons. The van der Waals surface area contributed by atoms with E-state index in [1.54, 1.807) is 5.57 Å². The first-order chi connectivity index (χ1) is 7.65. The summed E-state index contributed by atoms with van der Waals surface area (Å²) in [4.78, 5) is 4.77. The van der Waals surface area contributed by atoms with Crippen LogP contribution >= 0.6 is 12.4 Å². The Labute approximate surface area is 120 Å². The highest BCUT2D eigenvalue weighted by Gasteiger charge is 2.37. The van der Waals surface area contributed by atoms with Gasteiger partial charge in [0.2, 0.25) is 0 Å². The van der Waals surface area contributed by atoms with E-state index in [1.165, 1.54) is 25.8 Å². The van der Waals surface area contributed by atoms with Crippen LogP contribution in [0.5, 0.6) is 0 Å². The van der Waals surface area contributed by atoms with Crippen molar-refractivity contribution in [2.24, 2.45) is 0 Å². The van der Waals surface area contributed by atoms with E-state index in [1.807, 2.05) is 0 Å². The van der Waals surface area contributed by atoms with Gasteiger partial charge in [-0.25, -0.2) is 0 Å². The fraction of sp³-hybridized carbons (Fsp3) is 0.867. The zero-order valence-electron chi connectivity index (χ0n) is 13.2. The van der Waals surface area contributed by atoms with Crippen molar-refractivity contribution in [2.75, 3.05) is 27.7 Å². The summed E-state index contributed by atoms with van der Waals surface area (Å²) in [5, 5.41) is 0. The number of hydrogen-bond donors (Lipinski definition) is 0. The van der Waals surface area contributed by atoms with Gasteiger partial charge in [-0.2, -0.15) is 0 Å². The van der Waals surface area contributed by atoms with E-state index in [2.05, 4.69) is 64.7 Å². The molecule has 3 heteroatoms. The molecule has 0 bridgehead atoms. The molecule has 0 N–H and O–H groups in total. The molecule has 0 fully saturated rings. The predicted molar refractivity (Wildman–Crippen MR) is 83.7 cm³/mol. The third-order valence-electron chi connectivity index (χ3n) is 4.09. The molecular weight excluding hydrogens is 244 g/mol. The highest BCUT2D eigenvalue weighted by Crippen LogP contribution is 2.37. The minimum atomic E-state index is 0. The van der Waals surface area contributed by atoms with Crippen LogP contribution in [0, 0.1) is 0 Å². The Morgan fingerprint density at radius 2 is 1.78 bits per heavy atom. The molecule has 18 heavy (non-hydrogen) atoms. The Bertz CT molecular complexity index is 293. The topological polar surface area (TPSA) is 6.48 Å². The monoisotopic (exact) mass is 274 g/mol. The number of hydrogen-bond acceptors (Lipinski definition) is 2. The van der Waals surface area contributed by atoms with Gasteiger partial charge in [-0.1, -0.05) is 11.6 Å². The summed E-state index contributed by atoms with van der Waals surface area (Å²) < 4.78 is 0. The van der Waals surface area contributed by atoms with Gasteiger partial charge in [-0.3, -0.25) is 4.90 Å². The third-order valence-corrected chi connectivity index (χ3v) is 4.09. The van der Waals surface area contributed by atoms with Crippen LogP contribution in [0.25, 0.3) is 0 Å². The van der Waals surface area contributed by atoms with Gasteiger partial charge in [0, 0.05) is 11.1 Å². The van der Waals surface area contributed by atoms with E-state index >= 15 is 0 Å². The third kappa shape index (κ3) is 4.56. The zero-order valence-corrected chi connectivity index (χ0v) is 14.0. The van der Waals surface area contributed by atoms with Gasteiger partial charge in [-0.15, -0.1) is 12.4 Å². The number of rotatable bonds is 4. The van der Waals surface area contributed by atoms with Gasteiger partial charge in [-0.05, 0) is 74.6 Å². The lowest BCUT2D eigenvalue weighted by Crippen LogP contribution is -2.55. The standard InChI is InChI=1S/C15H30N2.ClH/c1-14(2)11-13(9-8-10-16(5)6)12-15(3,4)17(14)7;/h11H,8-10,12H2,1-7H3;1H. The lowest BCUT2D eigenvalue weighted by atomic mass is 9.80. The van der Waals surface area contributed by atoms with Crippen LogP contribution in [0.1, 0.15) is 47.0 Å². The van der Waals surface area contributed by atoms with Gasteiger partial charge >= 0.3 is 0 Å². The molecule has 1 heterocycles.